The summed E-state index contributed by atoms with van der Waals surface area (Å²) in [5.41, 5.74) is 4.34. The molecule has 1 saturated carbocycles. The average molecular weight is 473 g/mol. The smallest absolute Gasteiger partial charge is 0.125 e. The molecule has 0 N–H and O–H groups in total. The lowest BCUT2D eigenvalue weighted by atomic mass is 9.61. The molecule has 4 heteroatoms. The molecule has 5 unspecified atom stereocenters. The van der Waals surface area contributed by atoms with Gasteiger partial charge in [0.2, 0.25) is 0 Å². The number of hydrogen-bond acceptors (Lipinski definition) is 4. The van der Waals surface area contributed by atoms with Crippen molar-refractivity contribution in [1.82, 2.24) is 0 Å². The molecule has 0 amide bonds. The van der Waals surface area contributed by atoms with Crippen LogP contribution in [-0.4, -0.2) is 44.7 Å². The van der Waals surface area contributed by atoms with Crippen LogP contribution in [0.1, 0.15) is 90.3 Å². The Bertz CT molecular complexity index is 795. The third-order valence-corrected chi connectivity index (χ3v) is 8.53. The van der Waals surface area contributed by atoms with Gasteiger partial charge in [-0.1, -0.05) is 66.5 Å². The van der Waals surface area contributed by atoms with E-state index in [-0.39, 0.29) is 11.5 Å². The first-order valence-corrected chi connectivity index (χ1v) is 14.0. The van der Waals surface area contributed by atoms with E-state index in [1.807, 2.05) is 0 Å². The van der Waals surface area contributed by atoms with E-state index < -0.39 is 0 Å². The average Bonchev–Trinajstić information content (AvgIpc) is 3.73. The Morgan fingerprint density at radius 2 is 1.62 bits per heavy atom. The first kappa shape index (κ1) is 26.0. The third-order valence-electron chi connectivity index (χ3n) is 8.53. The van der Waals surface area contributed by atoms with Gasteiger partial charge < -0.3 is 18.9 Å². The number of ether oxygens (including phenoxy) is 4. The number of aryl methyl sites for hydroxylation is 2. The highest BCUT2D eigenvalue weighted by molar-refractivity contribution is 5.47. The molecule has 1 aromatic carbocycles. The SMILES string of the molecule is CCCc1cc(C(C)(C)C2CC(C)C(OC[C@@H]3CO3)C(CCC)C2)cc(CC)c1OCC1CO1. The summed E-state index contributed by atoms with van der Waals surface area (Å²) in [6, 6.07) is 4.92. The molecular formula is C30H48O4. The highest BCUT2D eigenvalue weighted by Crippen LogP contribution is 2.48. The Kier molecular flexibility index (Phi) is 8.64. The van der Waals surface area contributed by atoms with Crippen LogP contribution in [0.4, 0.5) is 0 Å². The maximum Gasteiger partial charge on any atom is 0.125 e. The van der Waals surface area contributed by atoms with E-state index in [0.29, 0.717) is 36.6 Å². The molecule has 34 heavy (non-hydrogen) atoms. The fourth-order valence-corrected chi connectivity index (χ4v) is 6.17. The second-order valence-electron chi connectivity index (χ2n) is 11.7. The number of benzene rings is 1. The van der Waals surface area contributed by atoms with E-state index in [9.17, 15) is 0 Å². The maximum absolute atomic E-state index is 6.45. The van der Waals surface area contributed by atoms with E-state index in [1.54, 1.807) is 0 Å². The topological polar surface area (TPSA) is 43.5 Å². The Hall–Kier alpha value is -1.10. The van der Waals surface area contributed by atoms with E-state index in [1.165, 1.54) is 42.4 Å². The van der Waals surface area contributed by atoms with Crippen molar-refractivity contribution < 1.29 is 18.9 Å². The minimum atomic E-state index is 0.120. The summed E-state index contributed by atoms with van der Waals surface area (Å²) >= 11 is 0. The van der Waals surface area contributed by atoms with E-state index >= 15 is 0 Å². The number of epoxide rings is 2. The molecular weight excluding hydrogens is 424 g/mol. The van der Waals surface area contributed by atoms with E-state index in [2.05, 4.69) is 53.7 Å². The van der Waals surface area contributed by atoms with Gasteiger partial charge >= 0.3 is 0 Å². The molecule has 0 bridgehead atoms. The summed E-state index contributed by atoms with van der Waals surface area (Å²) in [7, 11) is 0. The van der Waals surface area contributed by atoms with Gasteiger partial charge in [0.1, 0.15) is 24.6 Å². The molecule has 3 aliphatic rings. The summed E-state index contributed by atoms with van der Waals surface area (Å²) in [5, 5.41) is 0. The van der Waals surface area contributed by atoms with Crippen LogP contribution in [-0.2, 0) is 32.5 Å². The minimum Gasteiger partial charge on any atom is -0.490 e. The molecule has 0 aromatic heterocycles. The van der Waals surface area contributed by atoms with Gasteiger partial charge in [0.25, 0.3) is 0 Å². The van der Waals surface area contributed by atoms with Crippen molar-refractivity contribution in [1.29, 1.82) is 0 Å². The van der Waals surface area contributed by atoms with Gasteiger partial charge in [-0.05, 0) is 72.0 Å². The van der Waals surface area contributed by atoms with Gasteiger partial charge in [-0.15, -0.1) is 0 Å². The molecule has 0 radical (unpaired) electrons. The highest BCUT2D eigenvalue weighted by Gasteiger charge is 2.43. The molecule has 4 rings (SSSR count). The van der Waals surface area contributed by atoms with Crippen molar-refractivity contribution in [2.24, 2.45) is 17.8 Å². The summed E-state index contributed by atoms with van der Waals surface area (Å²) in [6.45, 7) is 17.4. The van der Waals surface area contributed by atoms with Gasteiger partial charge in [-0.25, -0.2) is 0 Å². The Morgan fingerprint density at radius 1 is 0.941 bits per heavy atom. The second kappa shape index (κ2) is 11.3. The lowest BCUT2D eigenvalue weighted by Gasteiger charge is -2.47. The zero-order valence-electron chi connectivity index (χ0n) is 22.5. The van der Waals surface area contributed by atoms with Crippen LogP contribution >= 0.6 is 0 Å². The molecule has 2 aliphatic heterocycles. The van der Waals surface area contributed by atoms with Gasteiger partial charge in [0, 0.05) is 0 Å². The fraction of sp³-hybridized carbons (Fsp3) is 0.800. The third kappa shape index (κ3) is 6.17. The van der Waals surface area contributed by atoms with Gasteiger partial charge in [0.05, 0.1) is 25.9 Å². The van der Waals surface area contributed by atoms with E-state index in [4.69, 9.17) is 18.9 Å². The quantitative estimate of drug-likeness (QED) is 0.307. The Balaban J connectivity index is 1.56. The zero-order chi connectivity index (χ0) is 24.3. The summed E-state index contributed by atoms with van der Waals surface area (Å²) in [6.07, 6.45) is 9.17. The highest BCUT2D eigenvalue weighted by atomic mass is 16.6. The van der Waals surface area contributed by atoms with Crippen LogP contribution in [0.2, 0.25) is 0 Å². The van der Waals surface area contributed by atoms with Crippen molar-refractivity contribution in [2.75, 3.05) is 26.4 Å². The molecule has 4 nitrogen and oxygen atoms in total. The minimum absolute atomic E-state index is 0.120. The Morgan fingerprint density at radius 3 is 2.24 bits per heavy atom. The first-order chi connectivity index (χ1) is 16.4. The fourth-order valence-electron chi connectivity index (χ4n) is 6.17. The predicted octanol–water partition coefficient (Wildman–Crippen LogP) is 6.50. The first-order valence-electron chi connectivity index (χ1n) is 14.0. The molecule has 1 aliphatic carbocycles. The molecule has 3 fully saturated rings. The maximum atomic E-state index is 6.45. The van der Waals surface area contributed by atoms with Gasteiger partial charge in [-0.2, -0.15) is 0 Å². The van der Waals surface area contributed by atoms with E-state index in [0.717, 1.165) is 44.8 Å². The largest absolute Gasteiger partial charge is 0.490 e. The molecule has 2 saturated heterocycles. The van der Waals surface area contributed by atoms with Crippen molar-refractivity contribution in [3.8, 4) is 5.75 Å². The number of rotatable bonds is 13. The predicted molar refractivity (Wildman–Crippen MR) is 138 cm³/mol. The van der Waals surface area contributed by atoms with Crippen molar-refractivity contribution in [3.63, 3.8) is 0 Å². The van der Waals surface area contributed by atoms with Crippen LogP contribution in [0.3, 0.4) is 0 Å². The van der Waals surface area contributed by atoms with Crippen molar-refractivity contribution in [2.45, 2.75) is 110 Å². The van der Waals surface area contributed by atoms with Crippen molar-refractivity contribution in [3.05, 3.63) is 28.8 Å². The van der Waals surface area contributed by atoms with Gasteiger partial charge in [-0.3, -0.25) is 0 Å². The summed E-state index contributed by atoms with van der Waals surface area (Å²) in [5.74, 6) is 2.99. The van der Waals surface area contributed by atoms with Crippen LogP contribution in [0.25, 0.3) is 0 Å². The molecule has 0 spiro atoms. The lowest BCUT2D eigenvalue weighted by Crippen LogP contribution is -2.44. The normalized spacial score (nSPS) is 30.9. The van der Waals surface area contributed by atoms with Gasteiger partial charge in [0.15, 0.2) is 0 Å². The molecule has 6 atom stereocenters. The standard InChI is InChI=1S/C30H48O4/c1-7-10-22-14-24(12-20(4)28(22)33-18-26-16-31-26)30(5,6)25-13-21(9-3)29(23(15-25)11-8-2)34-19-27-17-32-27/h13,15,20,22,24,26-28H,7-12,14,16-19H2,1-6H3/t20?,22?,24?,26-,27?,28?/m0/s1. The van der Waals surface area contributed by atoms with Crippen LogP contribution in [0.5, 0.6) is 5.75 Å². The van der Waals surface area contributed by atoms with Crippen molar-refractivity contribution >= 4 is 0 Å². The zero-order valence-corrected chi connectivity index (χ0v) is 22.5. The van der Waals surface area contributed by atoms with Crippen LogP contribution in [0, 0.1) is 17.8 Å². The monoisotopic (exact) mass is 472 g/mol. The number of hydrogen-bond donors (Lipinski definition) is 0. The summed E-state index contributed by atoms with van der Waals surface area (Å²) < 4.78 is 23.6. The van der Waals surface area contributed by atoms with Crippen LogP contribution < -0.4 is 4.74 Å². The lowest BCUT2D eigenvalue weighted by molar-refractivity contribution is -0.0709. The summed E-state index contributed by atoms with van der Waals surface area (Å²) in [4.78, 5) is 0. The molecule has 2 heterocycles. The second-order valence-corrected chi connectivity index (χ2v) is 11.7. The molecule has 192 valence electrons. The Labute approximate surface area is 208 Å². The van der Waals surface area contributed by atoms with Crippen LogP contribution in [0.15, 0.2) is 12.1 Å². The molecule has 1 aromatic rings.